The lowest BCUT2D eigenvalue weighted by molar-refractivity contribution is 0.00447. The van der Waals surface area contributed by atoms with Gasteiger partial charge in [0.05, 0.1) is 12.1 Å². The van der Waals surface area contributed by atoms with Crippen LogP contribution in [0.25, 0.3) is 0 Å². The summed E-state index contributed by atoms with van der Waals surface area (Å²) in [7, 11) is 0. The molecule has 4 rings (SSSR count). The highest BCUT2D eigenvalue weighted by molar-refractivity contribution is 5.78. The van der Waals surface area contributed by atoms with Gasteiger partial charge >= 0.3 is 12.1 Å². The SMILES string of the molecule is CC1(N2CCC(N3C(=O)NC4CCCCC43)CC2)CCN(C(=O)O)CC1. The maximum atomic E-state index is 12.5. The molecule has 26 heavy (non-hydrogen) atoms. The van der Waals surface area contributed by atoms with E-state index in [0.29, 0.717) is 31.2 Å². The van der Waals surface area contributed by atoms with Crippen molar-refractivity contribution >= 4 is 12.1 Å². The molecular formula is C19H32N4O3. The van der Waals surface area contributed by atoms with Crippen LogP contribution < -0.4 is 5.32 Å². The summed E-state index contributed by atoms with van der Waals surface area (Å²) in [5.41, 5.74) is 0.0948. The van der Waals surface area contributed by atoms with E-state index in [0.717, 1.165) is 51.6 Å². The molecule has 0 bridgehead atoms. The number of carbonyl (C=O) groups is 2. The van der Waals surface area contributed by atoms with Crippen LogP contribution in [0.4, 0.5) is 9.59 Å². The molecule has 2 atom stereocenters. The molecule has 3 saturated heterocycles. The number of fused-ring (bicyclic) bond motifs is 1. The van der Waals surface area contributed by atoms with Crippen LogP contribution in [0.1, 0.15) is 58.3 Å². The fraction of sp³-hybridized carbons (Fsp3) is 0.895. The summed E-state index contributed by atoms with van der Waals surface area (Å²) in [6.45, 7) is 5.56. The minimum Gasteiger partial charge on any atom is -0.465 e. The summed E-state index contributed by atoms with van der Waals surface area (Å²) >= 11 is 0. The third kappa shape index (κ3) is 3.15. The maximum Gasteiger partial charge on any atom is 0.407 e. The first kappa shape index (κ1) is 17.9. The second-order valence-electron chi connectivity index (χ2n) is 8.80. The number of nitrogens with one attached hydrogen (secondary N) is 1. The molecule has 2 unspecified atom stereocenters. The zero-order valence-electron chi connectivity index (χ0n) is 15.8. The second-order valence-corrected chi connectivity index (χ2v) is 8.80. The maximum absolute atomic E-state index is 12.5. The fourth-order valence-corrected chi connectivity index (χ4v) is 5.61. The van der Waals surface area contributed by atoms with E-state index in [1.54, 1.807) is 0 Å². The first-order valence-electron chi connectivity index (χ1n) is 10.3. The molecule has 7 nitrogen and oxygen atoms in total. The number of rotatable bonds is 2. The molecule has 1 saturated carbocycles. The van der Waals surface area contributed by atoms with E-state index >= 15 is 0 Å². The van der Waals surface area contributed by atoms with Gasteiger partial charge in [0, 0.05) is 37.8 Å². The smallest absolute Gasteiger partial charge is 0.407 e. The molecule has 2 N–H and O–H groups in total. The average molecular weight is 364 g/mol. The van der Waals surface area contributed by atoms with Crippen LogP contribution >= 0.6 is 0 Å². The number of hydrogen-bond donors (Lipinski definition) is 2. The molecule has 4 aliphatic rings. The van der Waals surface area contributed by atoms with E-state index in [1.165, 1.54) is 17.7 Å². The summed E-state index contributed by atoms with van der Waals surface area (Å²) in [6.07, 6.45) is 7.83. The molecule has 0 radical (unpaired) electrons. The van der Waals surface area contributed by atoms with Crippen LogP contribution in [0.15, 0.2) is 0 Å². The van der Waals surface area contributed by atoms with E-state index in [1.807, 2.05) is 0 Å². The van der Waals surface area contributed by atoms with Gasteiger partial charge in [-0.05, 0) is 45.4 Å². The normalized spacial score (nSPS) is 33.0. The number of piperidine rings is 2. The first-order valence-corrected chi connectivity index (χ1v) is 10.3. The number of hydrogen-bond acceptors (Lipinski definition) is 3. The topological polar surface area (TPSA) is 76.1 Å². The Bertz CT molecular complexity index is 553. The molecule has 3 aliphatic heterocycles. The number of amides is 3. The van der Waals surface area contributed by atoms with Gasteiger partial charge < -0.3 is 20.2 Å². The molecule has 4 fully saturated rings. The van der Waals surface area contributed by atoms with Crippen LogP contribution in [-0.2, 0) is 0 Å². The van der Waals surface area contributed by atoms with Crippen LogP contribution in [0.2, 0.25) is 0 Å². The summed E-state index contributed by atoms with van der Waals surface area (Å²) in [6, 6.07) is 1.29. The monoisotopic (exact) mass is 364 g/mol. The van der Waals surface area contributed by atoms with Gasteiger partial charge in [0.25, 0.3) is 0 Å². The van der Waals surface area contributed by atoms with Crippen molar-refractivity contribution in [2.24, 2.45) is 0 Å². The molecule has 1 aliphatic carbocycles. The van der Waals surface area contributed by atoms with Crippen LogP contribution in [0.3, 0.4) is 0 Å². The Morgan fingerprint density at radius 3 is 2.38 bits per heavy atom. The lowest BCUT2D eigenvalue weighted by Gasteiger charge is -2.50. The van der Waals surface area contributed by atoms with Crippen molar-refractivity contribution in [2.75, 3.05) is 26.2 Å². The third-order valence-electron chi connectivity index (χ3n) is 7.36. The number of nitrogens with zero attached hydrogens (tertiary/aromatic N) is 3. The van der Waals surface area contributed by atoms with Crippen LogP contribution in [0.5, 0.6) is 0 Å². The van der Waals surface area contributed by atoms with Gasteiger partial charge in [0.1, 0.15) is 0 Å². The molecule has 146 valence electrons. The molecule has 0 aromatic rings. The standard InChI is InChI=1S/C19H32N4O3/c1-19(8-12-21(13-9-19)18(25)26)22-10-6-14(7-11-22)23-16-5-3-2-4-15(16)20-17(23)24/h14-16H,2-13H2,1H3,(H,20,24)(H,25,26). The molecule has 3 heterocycles. The fourth-order valence-electron chi connectivity index (χ4n) is 5.61. The number of likely N-dealkylation sites (tertiary alicyclic amines) is 2. The highest BCUT2D eigenvalue weighted by Gasteiger charge is 2.46. The summed E-state index contributed by atoms with van der Waals surface area (Å²) in [5.74, 6) is 0. The van der Waals surface area contributed by atoms with Crippen LogP contribution in [-0.4, -0.2) is 81.8 Å². The Balaban J connectivity index is 1.34. The van der Waals surface area contributed by atoms with E-state index in [9.17, 15) is 9.59 Å². The number of carbonyl (C=O) groups excluding carboxylic acids is 1. The Morgan fingerprint density at radius 1 is 1.08 bits per heavy atom. The summed E-state index contributed by atoms with van der Waals surface area (Å²) in [5, 5.41) is 12.4. The van der Waals surface area contributed by atoms with Crippen molar-refractivity contribution in [3.63, 3.8) is 0 Å². The lowest BCUT2D eigenvalue weighted by Crippen LogP contribution is -2.58. The quantitative estimate of drug-likeness (QED) is 0.788. The van der Waals surface area contributed by atoms with Gasteiger partial charge in [-0.3, -0.25) is 4.90 Å². The Morgan fingerprint density at radius 2 is 1.73 bits per heavy atom. The van der Waals surface area contributed by atoms with E-state index in [4.69, 9.17) is 5.11 Å². The van der Waals surface area contributed by atoms with Gasteiger partial charge in [-0.2, -0.15) is 0 Å². The molecule has 0 aromatic carbocycles. The van der Waals surface area contributed by atoms with Gasteiger partial charge in [-0.15, -0.1) is 0 Å². The Hall–Kier alpha value is -1.50. The van der Waals surface area contributed by atoms with Crippen LogP contribution in [0, 0.1) is 0 Å². The predicted molar refractivity (Wildman–Crippen MR) is 98.2 cm³/mol. The summed E-state index contributed by atoms with van der Waals surface area (Å²) in [4.78, 5) is 29.9. The van der Waals surface area contributed by atoms with Crippen molar-refractivity contribution in [1.82, 2.24) is 20.0 Å². The Labute approximate surface area is 155 Å². The number of urea groups is 1. The zero-order valence-corrected chi connectivity index (χ0v) is 15.8. The molecular weight excluding hydrogens is 332 g/mol. The largest absolute Gasteiger partial charge is 0.465 e. The number of carboxylic acid groups (broad SMARTS) is 1. The van der Waals surface area contributed by atoms with Gasteiger partial charge in [-0.1, -0.05) is 12.8 Å². The average Bonchev–Trinajstić information content (AvgIpc) is 2.98. The Kier molecular flexibility index (Phi) is 4.75. The van der Waals surface area contributed by atoms with Crippen molar-refractivity contribution in [1.29, 1.82) is 0 Å². The molecule has 3 amide bonds. The highest BCUT2D eigenvalue weighted by atomic mass is 16.4. The zero-order chi connectivity index (χ0) is 18.3. The van der Waals surface area contributed by atoms with Crippen molar-refractivity contribution in [3.05, 3.63) is 0 Å². The van der Waals surface area contributed by atoms with Crippen molar-refractivity contribution in [3.8, 4) is 0 Å². The highest BCUT2D eigenvalue weighted by Crippen LogP contribution is 2.35. The minimum atomic E-state index is -0.798. The van der Waals surface area contributed by atoms with Crippen molar-refractivity contribution < 1.29 is 14.7 Å². The van der Waals surface area contributed by atoms with Crippen molar-refractivity contribution in [2.45, 2.75) is 82.0 Å². The van der Waals surface area contributed by atoms with E-state index in [-0.39, 0.29) is 11.6 Å². The predicted octanol–water partition coefficient (Wildman–Crippen LogP) is 2.32. The molecule has 7 heteroatoms. The third-order valence-corrected chi connectivity index (χ3v) is 7.36. The lowest BCUT2D eigenvalue weighted by atomic mass is 9.85. The molecule has 0 aromatic heterocycles. The van der Waals surface area contributed by atoms with Gasteiger partial charge in [-0.25, -0.2) is 9.59 Å². The molecule has 0 spiro atoms. The van der Waals surface area contributed by atoms with E-state index in [2.05, 4.69) is 22.0 Å². The van der Waals surface area contributed by atoms with Gasteiger partial charge in [0.15, 0.2) is 0 Å². The second kappa shape index (κ2) is 6.91. The summed E-state index contributed by atoms with van der Waals surface area (Å²) < 4.78 is 0. The van der Waals surface area contributed by atoms with E-state index < -0.39 is 6.09 Å². The van der Waals surface area contributed by atoms with Gasteiger partial charge in [0.2, 0.25) is 0 Å². The first-order chi connectivity index (χ1) is 12.5. The minimum absolute atomic E-state index is 0.0948.